The standard InChI is InChI=1S/C20H24N4O2/c1-12-5-17(13(2)26-12)20(25)24-9-15-7-23(8-16(15)10-24)19-6-18(14-3-4-14)21-11-22-19/h5-6,11,14-16H,3-4,7-10H2,1-2H3. The van der Waals surface area contributed by atoms with E-state index in [1.807, 2.05) is 24.8 Å². The lowest BCUT2D eigenvalue weighted by atomic mass is 10.0. The summed E-state index contributed by atoms with van der Waals surface area (Å²) in [4.78, 5) is 26.1. The Morgan fingerprint density at radius 1 is 1.08 bits per heavy atom. The number of likely N-dealkylation sites (tertiary alicyclic amines) is 1. The lowest BCUT2D eigenvalue weighted by Gasteiger charge is -2.22. The molecule has 26 heavy (non-hydrogen) atoms. The van der Waals surface area contributed by atoms with Crippen molar-refractivity contribution in [2.75, 3.05) is 31.1 Å². The maximum absolute atomic E-state index is 12.8. The topological polar surface area (TPSA) is 62.5 Å². The molecule has 2 saturated heterocycles. The summed E-state index contributed by atoms with van der Waals surface area (Å²) < 4.78 is 5.53. The number of hydrogen-bond acceptors (Lipinski definition) is 5. The highest BCUT2D eigenvalue weighted by Crippen LogP contribution is 2.40. The largest absolute Gasteiger partial charge is 0.466 e. The molecule has 0 bridgehead atoms. The van der Waals surface area contributed by atoms with E-state index < -0.39 is 0 Å². The summed E-state index contributed by atoms with van der Waals surface area (Å²) >= 11 is 0. The van der Waals surface area contributed by atoms with Crippen molar-refractivity contribution in [1.29, 1.82) is 0 Å². The van der Waals surface area contributed by atoms with Gasteiger partial charge in [-0.1, -0.05) is 0 Å². The molecular formula is C20H24N4O2. The Bertz CT molecular complexity index is 843. The molecule has 0 N–H and O–H groups in total. The highest BCUT2D eigenvalue weighted by atomic mass is 16.3. The van der Waals surface area contributed by atoms with Gasteiger partial charge >= 0.3 is 0 Å². The summed E-state index contributed by atoms with van der Waals surface area (Å²) in [7, 11) is 0. The molecule has 3 aliphatic rings. The van der Waals surface area contributed by atoms with Crippen molar-refractivity contribution in [2.45, 2.75) is 32.6 Å². The van der Waals surface area contributed by atoms with E-state index >= 15 is 0 Å². The molecule has 3 fully saturated rings. The Kier molecular flexibility index (Phi) is 3.55. The number of nitrogens with zero attached hydrogens (tertiary/aromatic N) is 4. The fourth-order valence-electron chi connectivity index (χ4n) is 4.50. The minimum absolute atomic E-state index is 0.110. The van der Waals surface area contributed by atoms with Crippen molar-refractivity contribution < 1.29 is 9.21 Å². The Morgan fingerprint density at radius 3 is 2.42 bits per heavy atom. The van der Waals surface area contributed by atoms with E-state index in [1.165, 1.54) is 18.5 Å². The molecule has 136 valence electrons. The molecule has 4 heterocycles. The molecule has 2 aromatic rings. The summed E-state index contributed by atoms with van der Waals surface area (Å²) in [6, 6.07) is 4.03. The highest BCUT2D eigenvalue weighted by Gasteiger charge is 2.42. The molecule has 6 nitrogen and oxygen atoms in total. The molecule has 0 spiro atoms. The second kappa shape index (κ2) is 5.83. The molecule has 0 radical (unpaired) electrons. The smallest absolute Gasteiger partial charge is 0.257 e. The molecule has 1 amide bonds. The van der Waals surface area contributed by atoms with Gasteiger partial charge in [0.1, 0.15) is 23.7 Å². The average molecular weight is 352 g/mol. The number of aromatic nitrogens is 2. The number of rotatable bonds is 3. The summed E-state index contributed by atoms with van der Waals surface area (Å²) in [6.07, 6.45) is 4.22. The van der Waals surface area contributed by atoms with Gasteiger partial charge in [0.2, 0.25) is 0 Å². The average Bonchev–Trinajstić information content (AvgIpc) is 3.16. The van der Waals surface area contributed by atoms with Crippen LogP contribution in [0.25, 0.3) is 0 Å². The molecule has 2 aliphatic heterocycles. The number of hydrogen-bond donors (Lipinski definition) is 0. The zero-order chi connectivity index (χ0) is 17.8. The molecule has 2 aromatic heterocycles. The molecule has 2 unspecified atom stereocenters. The van der Waals surface area contributed by atoms with Crippen LogP contribution in [-0.2, 0) is 0 Å². The minimum Gasteiger partial charge on any atom is -0.466 e. The van der Waals surface area contributed by atoms with Gasteiger partial charge in [0.25, 0.3) is 5.91 Å². The van der Waals surface area contributed by atoms with Crippen LogP contribution in [0.3, 0.4) is 0 Å². The van der Waals surface area contributed by atoms with Crippen molar-refractivity contribution in [3.05, 3.63) is 41.2 Å². The molecule has 5 rings (SSSR count). The zero-order valence-corrected chi connectivity index (χ0v) is 15.3. The summed E-state index contributed by atoms with van der Waals surface area (Å²) in [5.74, 6) is 4.37. The maximum Gasteiger partial charge on any atom is 0.257 e. The molecule has 6 heteroatoms. The van der Waals surface area contributed by atoms with Gasteiger partial charge in [-0.05, 0) is 32.8 Å². The molecular weight excluding hydrogens is 328 g/mol. The van der Waals surface area contributed by atoms with Gasteiger partial charge in [0, 0.05) is 55.7 Å². The van der Waals surface area contributed by atoms with Crippen LogP contribution >= 0.6 is 0 Å². The van der Waals surface area contributed by atoms with Crippen molar-refractivity contribution in [3.8, 4) is 0 Å². The van der Waals surface area contributed by atoms with Crippen LogP contribution in [0.1, 0.15) is 46.3 Å². The number of fused-ring (bicyclic) bond motifs is 1. The number of furan rings is 1. The first-order chi connectivity index (χ1) is 12.6. The van der Waals surface area contributed by atoms with E-state index in [1.54, 1.807) is 6.33 Å². The van der Waals surface area contributed by atoms with Crippen LogP contribution in [0.2, 0.25) is 0 Å². The Labute approximate surface area is 153 Å². The van der Waals surface area contributed by atoms with Gasteiger partial charge in [-0.2, -0.15) is 0 Å². The predicted octanol–water partition coefficient (Wildman–Crippen LogP) is 2.77. The number of amides is 1. The number of carbonyl (C=O) groups excluding carboxylic acids is 1. The van der Waals surface area contributed by atoms with E-state index in [-0.39, 0.29) is 5.91 Å². The normalized spacial score (nSPS) is 25.0. The number of aryl methyl sites for hydroxylation is 2. The summed E-state index contributed by atoms with van der Waals surface area (Å²) in [5.41, 5.74) is 1.90. The van der Waals surface area contributed by atoms with Crippen LogP contribution in [0.4, 0.5) is 5.82 Å². The first kappa shape index (κ1) is 15.9. The second-order valence-corrected chi connectivity index (χ2v) is 8.04. The van der Waals surface area contributed by atoms with E-state index in [0.717, 1.165) is 43.5 Å². The van der Waals surface area contributed by atoms with Crippen molar-refractivity contribution >= 4 is 11.7 Å². The van der Waals surface area contributed by atoms with Crippen LogP contribution in [0, 0.1) is 25.7 Å². The monoisotopic (exact) mass is 352 g/mol. The first-order valence-corrected chi connectivity index (χ1v) is 9.51. The van der Waals surface area contributed by atoms with Gasteiger partial charge in [-0.3, -0.25) is 4.79 Å². The maximum atomic E-state index is 12.8. The summed E-state index contributed by atoms with van der Waals surface area (Å²) in [5, 5.41) is 0. The van der Waals surface area contributed by atoms with Crippen LogP contribution < -0.4 is 4.90 Å². The number of carbonyl (C=O) groups is 1. The Balaban J connectivity index is 1.27. The molecule has 1 saturated carbocycles. The lowest BCUT2D eigenvalue weighted by Crippen LogP contribution is -2.33. The third-order valence-corrected chi connectivity index (χ3v) is 6.04. The highest BCUT2D eigenvalue weighted by molar-refractivity contribution is 5.95. The summed E-state index contributed by atoms with van der Waals surface area (Å²) in [6.45, 7) is 7.34. The van der Waals surface area contributed by atoms with E-state index in [0.29, 0.717) is 23.3 Å². The van der Waals surface area contributed by atoms with Gasteiger partial charge in [0.15, 0.2) is 0 Å². The van der Waals surface area contributed by atoms with Crippen molar-refractivity contribution in [2.24, 2.45) is 11.8 Å². The van der Waals surface area contributed by atoms with Gasteiger partial charge in [-0.15, -0.1) is 0 Å². The first-order valence-electron chi connectivity index (χ1n) is 9.51. The quantitative estimate of drug-likeness (QED) is 0.850. The third kappa shape index (κ3) is 2.68. The lowest BCUT2D eigenvalue weighted by molar-refractivity contribution is 0.0781. The molecule has 2 atom stereocenters. The third-order valence-electron chi connectivity index (χ3n) is 6.04. The van der Waals surface area contributed by atoms with Crippen LogP contribution in [0.5, 0.6) is 0 Å². The SMILES string of the molecule is Cc1cc(C(=O)N2CC3CN(c4cc(C5CC5)ncn4)CC3C2)c(C)o1. The van der Waals surface area contributed by atoms with Crippen molar-refractivity contribution in [3.63, 3.8) is 0 Å². The molecule has 1 aliphatic carbocycles. The van der Waals surface area contributed by atoms with Crippen molar-refractivity contribution in [1.82, 2.24) is 14.9 Å². The number of anilines is 1. The Morgan fingerprint density at radius 2 is 1.81 bits per heavy atom. The van der Waals surface area contributed by atoms with Gasteiger partial charge in [0.05, 0.1) is 5.56 Å². The molecule has 0 aromatic carbocycles. The van der Waals surface area contributed by atoms with Crippen LogP contribution in [-0.4, -0.2) is 47.0 Å². The second-order valence-electron chi connectivity index (χ2n) is 8.04. The fourth-order valence-corrected chi connectivity index (χ4v) is 4.50. The zero-order valence-electron chi connectivity index (χ0n) is 15.3. The fraction of sp³-hybridized carbons (Fsp3) is 0.550. The van der Waals surface area contributed by atoms with Gasteiger partial charge < -0.3 is 14.2 Å². The van der Waals surface area contributed by atoms with Gasteiger partial charge in [-0.25, -0.2) is 9.97 Å². The predicted molar refractivity (Wildman–Crippen MR) is 97.3 cm³/mol. The van der Waals surface area contributed by atoms with E-state index in [2.05, 4.69) is 20.9 Å². The Hall–Kier alpha value is -2.37. The van der Waals surface area contributed by atoms with E-state index in [9.17, 15) is 4.79 Å². The minimum atomic E-state index is 0.110. The van der Waals surface area contributed by atoms with E-state index in [4.69, 9.17) is 4.42 Å². The van der Waals surface area contributed by atoms with Crippen LogP contribution in [0.15, 0.2) is 22.9 Å².